The van der Waals surface area contributed by atoms with E-state index in [2.05, 4.69) is 16.0 Å². The molecule has 4 saturated heterocycles. The second kappa shape index (κ2) is 21.3. The van der Waals surface area contributed by atoms with Crippen molar-refractivity contribution in [3.63, 3.8) is 0 Å². The van der Waals surface area contributed by atoms with E-state index in [1.54, 1.807) is 49.9 Å². The molecule has 370 valence electrons. The molecule has 2 unspecified atom stereocenters. The number of amides is 5. The van der Waals surface area contributed by atoms with Gasteiger partial charge in [-0.1, -0.05) is 51.1 Å². The van der Waals surface area contributed by atoms with E-state index in [4.69, 9.17) is 9.47 Å². The van der Waals surface area contributed by atoms with Crippen LogP contribution in [0.2, 0.25) is 0 Å². The van der Waals surface area contributed by atoms with E-state index in [-0.39, 0.29) is 72.5 Å². The fourth-order valence-electron chi connectivity index (χ4n) is 8.35. The molecule has 0 saturated carbocycles. The van der Waals surface area contributed by atoms with Gasteiger partial charge in [-0.3, -0.25) is 9.59 Å². The van der Waals surface area contributed by atoms with Crippen molar-refractivity contribution in [2.75, 3.05) is 56.4 Å². The number of anilines is 2. The SMILES string of the molecule is CC(C)(C)C1CC(S(=O)(=O)c2ccc(NC(=O)C3CN(C(=O)OCc4ccccc4)C3)cc2)CCN1C(=O)O.CC(C)(C)OC(=O)N1CCC(S(=O)(=O)c2ccc(NC(=O)C3CNC3)cc2)CC1. The maximum absolute atomic E-state index is 13.4. The third-order valence-corrected chi connectivity index (χ3v) is 17.1. The van der Waals surface area contributed by atoms with Gasteiger partial charge in [0, 0.05) is 63.2 Å². The zero-order valence-corrected chi connectivity index (χ0v) is 41.1. The first-order valence-corrected chi connectivity index (χ1v) is 25.9. The Morgan fingerprint density at radius 1 is 0.662 bits per heavy atom. The number of carboxylic acid groups (broad SMARTS) is 1. The van der Waals surface area contributed by atoms with Crippen molar-refractivity contribution in [2.45, 2.75) is 106 Å². The smallest absolute Gasteiger partial charge is 0.410 e. The molecule has 0 aliphatic carbocycles. The van der Waals surface area contributed by atoms with Crippen LogP contribution in [0.15, 0.2) is 88.7 Å². The first-order chi connectivity index (χ1) is 31.9. The lowest BCUT2D eigenvalue weighted by molar-refractivity contribution is -0.124. The molecule has 4 N–H and O–H groups in total. The number of hydrogen-bond donors (Lipinski definition) is 4. The fourth-order valence-corrected chi connectivity index (χ4v) is 11.8. The molecule has 4 heterocycles. The van der Waals surface area contributed by atoms with Gasteiger partial charge in [-0.25, -0.2) is 31.2 Å². The Hall–Kier alpha value is -5.73. The van der Waals surface area contributed by atoms with Crippen molar-refractivity contribution in [3.05, 3.63) is 84.4 Å². The third-order valence-electron chi connectivity index (χ3n) is 12.5. The van der Waals surface area contributed by atoms with Crippen LogP contribution in [0.5, 0.6) is 0 Å². The monoisotopic (exact) mass is 980 g/mol. The number of benzene rings is 3. The van der Waals surface area contributed by atoms with Crippen LogP contribution >= 0.6 is 0 Å². The van der Waals surface area contributed by atoms with Gasteiger partial charge >= 0.3 is 18.3 Å². The zero-order valence-electron chi connectivity index (χ0n) is 39.5. The molecule has 0 spiro atoms. The quantitative estimate of drug-likeness (QED) is 0.176. The van der Waals surface area contributed by atoms with E-state index in [9.17, 15) is 45.9 Å². The van der Waals surface area contributed by atoms with E-state index >= 15 is 0 Å². The Morgan fingerprint density at radius 3 is 1.63 bits per heavy atom. The van der Waals surface area contributed by atoms with Crippen molar-refractivity contribution in [3.8, 4) is 0 Å². The number of sulfone groups is 2. The van der Waals surface area contributed by atoms with Gasteiger partial charge in [0.05, 0.1) is 32.1 Å². The lowest BCUT2D eigenvalue weighted by Crippen LogP contribution is -2.54. The second-order valence-electron chi connectivity index (χ2n) is 19.8. The Morgan fingerprint density at radius 2 is 1.16 bits per heavy atom. The summed E-state index contributed by atoms with van der Waals surface area (Å²) in [6.07, 6.45) is -0.724. The van der Waals surface area contributed by atoms with Crippen LogP contribution in [0.3, 0.4) is 0 Å². The first-order valence-electron chi connectivity index (χ1n) is 22.9. The molecule has 5 amide bonds. The average molecular weight is 981 g/mol. The highest BCUT2D eigenvalue weighted by molar-refractivity contribution is 7.92. The Balaban J connectivity index is 0.000000234. The summed E-state index contributed by atoms with van der Waals surface area (Å²) in [5.41, 5.74) is 0.937. The minimum Gasteiger partial charge on any atom is -0.465 e. The number of ether oxygens (including phenoxy) is 2. The molecule has 7 rings (SSSR count). The maximum atomic E-state index is 13.4. The minimum absolute atomic E-state index is 0.0337. The number of hydrogen-bond acceptors (Lipinski definition) is 12. The van der Waals surface area contributed by atoms with Crippen molar-refractivity contribution < 1.29 is 55.4 Å². The van der Waals surface area contributed by atoms with Gasteiger partial charge in [0.2, 0.25) is 11.8 Å². The summed E-state index contributed by atoms with van der Waals surface area (Å²) in [7, 11) is -7.20. The topological polar surface area (TPSA) is 238 Å². The summed E-state index contributed by atoms with van der Waals surface area (Å²) in [5.74, 6) is -0.736. The lowest BCUT2D eigenvalue weighted by atomic mass is 9.80. The van der Waals surface area contributed by atoms with Crippen LogP contribution < -0.4 is 16.0 Å². The highest BCUT2D eigenvalue weighted by atomic mass is 32.2. The highest BCUT2D eigenvalue weighted by Gasteiger charge is 2.43. The van der Waals surface area contributed by atoms with Gasteiger partial charge in [-0.15, -0.1) is 0 Å². The largest absolute Gasteiger partial charge is 0.465 e. The summed E-state index contributed by atoms with van der Waals surface area (Å²) in [6, 6.07) is 21.2. The van der Waals surface area contributed by atoms with Crippen LogP contribution in [0.4, 0.5) is 25.8 Å². The molecule has 2 atom stereocenters. The average Bonchev–Trinajstić information content (AvgIpc) is 3.24. The summed E-state index contributed by atoms with van der Waals surface area (Å²) in [6.45, 7) is 14.0. The van der Waals surface area contributed by atoms with Crippen LogP contribution in [-0.4, -0.2) is 135 Å². The van der Waals surface area contributed by atoms with Crippen LogP contribution in [-0.2, 0) is 45.3 Å². The maximum Gasteiger partial charge on any atom is 0.410 e. The molecule has 4 aliphatic rings. The molecule has 0 aromatic heterocycles. The third kappa shape index (κ3) is 13.1. The van der Waals surface area contributed by atoms with Gasteiger partial charge in [-0.2, -0.15) is 0 Å². The Kier molecular flexibility index (Phi) is 16.2. The van der Waals surface area contributed by atoms with Crippen LogP contribution in [0, 0.1) is 17.3 Å². The van der Waals surface area contributed by atoms with Crippen molar-refractivity contribution in [1.82, 2.24) is 20.0 Å². The molecule has 3 aromatic rings. The number of piperidine rings is 2. The van der Waals surface area contributed by atoms with Crippen LogP contribution in [0.25, 0.3) is 0 Å². The standard InChI is InChI=1S/C28H35N3O7S.C20H29N3O5S/c1-28(2,3)24-15-23(13-14-31(24)26(33)34)39(36,37)22-11-9-21(10-12-22)29-25(32)20-16-30(17-20)27(35)38-18-19-7-5-4-6-8-19;1-20(2,3)28-19(25)23-10-8-17(9-11-23)29(26,27)16-6-4-15(5-7-16)22-18(24)14-12-21-13-14/h4-12,20,23-24H,13-18H2,1-3H3,(H,29,32)(H,33,34);4-7,14,17,21H,8-13H2,1-3H3,(H,22,24). The van der Waals surface area contributed by atoms with Crippen LogP contribution in [0.1, 0.15) is 72.8 Å². The van der Waals surface area contributed by atoms with E-state index in [1.807, 2.05) is 51.1 Å². The molecule has 4 aliphatic heterocycles. The predicted octanol–water partition coefficient (Wildman–Crippen LogP) is 6.24. The Labute approximate surface area is 398 Å². The lowest BCUT2D eigenvalue weighted by Gasteiger charge is -2.44. The molecule has 20 heteroatoms. The van der Waals surface area contributed by atoms with Crippen molar-refractivity contribution >= 4 is 61.1 Å². The van der Waals surface area contributed by atoms with E-state index in [0.717, 1.165) is 5.56 Å². The highest BCUT2D eigenvalue weighted by Crippen LogP contribution is 2.36. The predicted molar refractivity (Wildman–Crippen MR) is 254 cm³/mol. The molecule has 18 nitrogen and oxygen atoms in total. The number of carbonyl (C=O) groups excluding carboxylic acids is 4. The molecule has 4 fully saturated rings. The number of likely N-dealkylation sites (tertiary alicyclic amines) is 3. The second-order valence-corrected chi connectivity index (χ2v) is 24.2. The van der Waals surface area contributed by atoms with E-state index in [1.165, 1.54) is 34.1 Å². The minimum atomic E-state index is -3.69. The summed E-state index contributed by atoms with van der Waals surface area (Å²) in [4.78, 5) is 65.4. The molecule has 68 heavy (non-hydrogen) atoms. The zero-order chi connectivity index (χ0) is 49.6. The summed E-state index contributed by atoms with van der Waals surface area (Å²) >= 11 is 0. The normalized spacial score (nSPS) is 19.6. The van der Waals surface area contributed by atoms with Gasteiger partial charge < -0.3 is 45.2 Å². The number of rotatable bonds is 10. The summed E-state index contributed by atoms with van der Waals surface area (Å²) < 4.78 is 63.3. The molecular formula is C48H64N6O12S2. The van der Waals surface area contributed by atoms with Gasteiger partial charge in [0.25, 0.3) is 0 Å². The number of carbonyl (C=O) groups is 5. The molecule has 3 aromatic carbocycles. The Bertz CT molecular complexity index is 2490. The molecule has 0 bridgehead atoms. The molecular weight excluding hydrogens is 917 g/mol. The van der Waals surface area contributed by atoms with Gasteiger partial charge in [0.1, 0.15) is 12.2 Å². The molecule has 0 radical (unpaired) electrons. The van der Waals surface area contributed by atoms with Gasteiger partial charge in [-0.05, 0) is 106 Å². The summed E-state index contributed by atoms with van der Waals surface area (Å²) in [5, 5.41) is 17.0. The van der Waals surface area contributed by atoms with Gasteiger partial charge in [0.15, 0.2) is 19.7 Å². The number of nitrogens with one attached hydrogen (secondary N) is 3. The van der Waals surface area contributed by atoms with E-state index < -0.39 is 65.5 Å². The first kappa shape index (κ1) is 51.7. The fraction of sp³-hybridized carbons (Fsp3) is 0.521. The van der Waals surface area contributed by atoms with E-state index in [0.29, 0.717) is 50.4 Å². The van der Waals surface area contributed by atoms with Crippen molar-refractivity contribution in [1.29, 1.82) is 0 Å². The van der Waals surface area contributed by atoms with Crippen molar-refractivity contribution in [2.24, 2.45) is 17.3 Å². The number of nitrogens with zero attached hydrogens (tertiary/aromatic N) is 3.